The number of phenols is 1. The molecule has 0 aliphatic rings. The number of aliphatic hydroxyl groups is 1. The molecule has 4 nitrogen and oxygen atoms in total. The van der Waals surface area contributed by atoms with Gasteiger partial charge in [-0.05, 0) is 19.1 Å². The molecule has 0 amide bonds. The number of aromatic nitrogens is 1. The molecule has 1 aromatic heterocycles. The maximum absolute atomic E-state index is 9.28. The van der Waals surface area contributed by atoms with Gasteiger partial charge in [0.2, 0.25) is 5.89 Å². The van der Waals surface area contributed by atoms with E-state index in [-0.39, 0.29) is 11.6 Å². The second-order valence-corrected chi connectivity index (χ2v) is 3.30. The molecule has 0 saturated heterocycles. The third-order valence-corrected chi connectivity index (χ3v) is 2.02. The molecular formula is C11H11NO3. The zero-order valence-electron chi connectivity index (χ0n) is 8.21. The lowest BCUT2D eigenvalue weighted by Gasteiger charge is -1.96. The van der Waals surface area contributed by atoms with Gasteiger partial charge < -0.3 is 14.6 Å². The van der Waals surface area contributed by atoms with Crippen LogP contribution < -0.4 is 0 Å². The molecule has 4 heteroatoms. The highest BCUT2D eigenvalue weighted by atomic mass is 16.4. The number of aromatic hydroxyl groups is 1. The van der Waals surface area contributed by atoms with Gasteiger partial charge in [0.25, 0.3) is 0 Å². The summed E-state index contributed by atoms with van der Waals surface area (Å²) in [5, 5.41) is 18.5. The molecule has 0 saturated carbocycles. The lowest BCUT2D eigenvalue weighted by Crippen LogP contribution is -1.90. The van der Waals surface area contributed by atoms with Gasteiger partial charge in [-0.1, -0.05) is 12.1 Å². The Hall–Kier alpha value is -1.81. The topological polar surface area (TPSA) is 66.5 Å². The van der Waals surface area contributed by atoms with Crippen molar-refractivity contribution in [2.24, 2.45) is 0 Å². The van der Waals surface area contributed by atoms with Gasteiger partial charge >= 0.3 is 0 Å². The van der Waals surface area contributed by atoms with Crippen LogP contribution in [0, 0.1) is 0 Å². The molecule has 0 unspecified atom stereocenters. The van der Waals surface area contributed by atoms with E-state index in [1.807, 2.05) is 6.07 Å². The van der Waals surface area contributed by atoms with E-state index in [4.69, 9.17) is 4.42 Å². The van der Waals surface area contributed by atoms with Gasteiger partial charge in [0, 0.05) is 5.56 Å². The first kappa shape index (κ1) is 9.73. The van der Waals surface area contributed by atoms with Crippen molar-refractivity contribution in [1.82, 2.24) is 4.98 Å². The molecule has 15 heavy (non-hydrogen) atoms. The molecule has 1 atom stereocenters. The van der Waals surface area contributed by atoms with Crippen LogP contribution in [-0.2, 0) is 0 Å². The van der Waals surface area contributed by atoms with Gasteiger partial charge in [-0.3, -0.25) is 0 Å². The molecule has 0 fully saturated rings. The summed E-state index contributed by atoms with van der Waals surface area (Å²) in [4.78, 5) is 4.09. The smallest absolute Gasteiger partial charge is 0.223 e. The van der Waals surface area contributed by atoms with E-state index in [9.17, 15) is 10.2 Å². The van der Waals surface area contributed by atoms with Gasteiger partial charge in [0.15, 0.2) is 0 Å². The fourth-order valence-electron chi connectivity index (χ4n) is 1.28. The zero-order valence-corrected chi connectivity index (χ0v) is 8.21. The summed E-state index contributed by atoms with van der Waals surface area (Å²) in [5.41, 5.74) is 1.35. The second kappa shape index (κ2) is 3.74. The fraction of sp³-hybridized carbons (Fsp3) is 0.182. The van der Waals surface area contributed by atoms with E-state index in [0.29, 0.717) is 5.69 Å². The van der Waals surface area contributed by atoms with Crippen LogP contribution in [0.4, 0.5) is 0 Å². The third-order valence-electron chi connectivity index (χ3n) is 2.02. The van der Waals surface area contributed by atoms with Crippen molar-refractivity contribution in [1.29, 1.82) is 0 Å². The van der Waals surface area contributed by atoms with E-state index in [0.717, 1.165) is 5.56 Å². The molecule has 78 valence electrons. The molecule has 0 radical (unpaired) electrons. The Bertz CT molecular complexity index is 462. The summed E-state index contributed by atoms with van der Waals surface area (Å²) >= 11 is 0. The molecular weight excluding hydrogens is 194 g/mol. The molecule has 0 bridgehead atoms. The maximum Gasteiger partial charge on any atom is 0.223 e. The standard InChI is InChI=1S/C11H11NO3/c1-7(13)11-12-10(6-15-11)8-3-2-4-9(14)5-8/h2-7,13-14H,1H3/t7-/m1/s1. The molecule has 1 heterocycles. The number of aliphatic hydroxyl groups excluding tert-OH is 1. The van der Waals surface area contributed by atoms with Gasteiger partial charge in [0.1, 0.15) is 23.8 Å². The highest BCUT2D eigenvalue weighted by Crippen LogP contribution is 2.23. The van der Waals surface area contributed by atoms with E-state index in [1.165, 1.54) is 6.26 Å². The Balaban J connectivity index is 2.37. The van der Waals surface area contributed by atoms with Crippen LogP contribution in [0.25, 0.3) is 11.3 Å². The molecule has 1 aromatic carbocycles. The number of benzene rings is 1. The largest absolute Gasteiger partial charge is 0.508 e. The minimum atomic E-state index is -0.726. The Morgan fingerprint density at radius 1 is 1.40 bits per heavy atom. The number of hydrogen-bond acceptors (Lipinski definition) is 4. The first-order valence-electron chi connectivity index (χ1n) is 4.59. The van der Waals surface area contributed by atoms with Crippen LogP contribution in [0.5, 0.6) is 5.75 Å². The van der Waals surface area contributed by atoms with Crippen molar-refractivity contribution in [3.05, 3.63) is 36.4 Å². The Morgan fingerprint density at radius 3 is 2.80 bits per heavy atom. The molecule has 0 aliphatic heterocycles. The highest BCUT2D eigenvalue weighted by molar-refractivity contribution is 5.59. The van der Waals surface area contributed by atoms with Gasteiger partial charge in [-0.15, -0.1) is 0 Å². The number of oxazole rings is 1. The summed E-state index contributed by atoms with van der Waals surface area (Å²) in [5.74, 6) is 0.447. The zero-order chi connectivity index (χ0) is 10.8. The van der Waals surface area contributed by atoms with Crippen molar-refractivity contribution in [2.75, 3.05) is 0 Å². The minimum absolute atomic E-state index is 0.175. The third kappa shape index (κ3) is 1.99. The average Bonchev–Trinajstić information content (AvgIpc) is 2.66. The second-order valence-electron chi connectivity index (χ2n) is 3.30. The van der Waals surface area contributed by atoms with Crippen molar-refractivity contribution >= 4 is 0 Å². The Kier molecular flexibility index (Phi) is 2.43. The Morgan fingerprint density at radius 2 is 2.20 bits per heavy atom. The lowest BCUT2D eigenvalue weighted by atomic mass is 10.2. The van der Waals surface area contributed by atoms with Crippen LogP contribution in [0.15, 0.2) is 34.9 Å². The summed E-state index contributed by atoms with van der Waals surface area (Å²) < 4.78 is 5.08. The van der Waals surface area contributed by atoms with Crippen molar-refractivity contribution in [3.63, 3.8) is 0 Å². The van der Waals surface area contributed by atoms with Crippen molar-refractivity contribution in [3.8, 4) is 17.0 Å². The summed E-state index contributed by atoms with van der Waals surface area (Å²) in [7, 11) is 0. The average molecular weight is 205 g/mol. The van der Waals surface area contributed by atoms with Gasteiger partial charge in [-0.25, -0.2) is 4.98 Å². The maximum atomic E-state index is 9.28. The van der Waals surface area contributed by atoms with E-state index in [2.05, 4.69) is 4.98 Å². The SMILES string of the molecule is C[C@@H](O)c1nc(-c2cccc(O)c2)co1. The van der Waals surface area contributed by atoms with Gasteiger partial charge in [-0.2, -0.15) is 0 Å². The highest BCUT2D eigenvalue weighted by Gasteiger charge is 2.10. The summed E-state index contributed by atoms with van der Waals surface area (Å²) in [6.07, 6.45) is 0.729. The Labute approximate surface area is 86.8 Å². The molecule has 0 spiro atoms. The number of rotatable bonds is 2. The normalized spacial score (nSPS) is 12.7. The number of hydrogen-bond donors (Lipinski definition) is 2. The van der Waals surface area contributed by atoms with Crippen LogP contribution in [0.1, 0.15) is 18.9 Å². The number of nitrogens with zero attached hydrogens (tertiary/aromatic N) is 1. The molecule has 2 N–H and O–H groups in total. The molecule has 2 aromatic rings. The first-order valence-corrected chi connectivity index (χ1v) is 4.59. The van der Waals surface area contributed by atoms with E-state index in [1.54, 1.807) is 25.1 Å². The van der Waals surface area contributed by atoms with Gasteiger partial charge in [0.05, 0.1) is 0 Å². The number of phenolic OH excluding ortho intramolecular Hbond substituents is 1. The van der Waals surface area contributed by atoms with Crippen molar-refractivity contribution in [2.45, 2.75) is 13.0 Å². The quantitative estimate of drug-likeness (QED) is 0.787. The molecule has 2 rings (SSSR count). The predicted octanol–water partition coefficient (Wildman–Crippen LogP) is 2.10. The van der Waals surface area contributed by atoms with Crippen molar-refractivity contribution < 1.29 is 14.6 Å². The minimum Gasteiger partial charge on any atom is -0.508 e. The lowest BCUT2D eigenvalue weighted by molar-refractivity contribution is 0.163. The van der Waals surface area contributed by atoms with Crippen LogP contribution in [0.3, 0.4) is 0 Å². The summed E-state index contributed by atoms with van der Waals surface area (Å²) in [6, 6.07) is 6.70. The molecule has 0 aliphatic carbocycles. The van der Waals surface area contributed by atoms with Crippen LogP contribution >= 0.6 is 0 Å². The predicted molar refractivity (Wildman–Crippen MR) is 54.2 cm³/mol. The summed E-state index contributed by atoms with van der Waals surface area (Å²) in [6.45, 7) is 1.58. The van der Waals surface area contributed by atoms with Crippen LogP contribution in [-0.4, -0.2) is 15.2 Å². The monoisotopic (exact) mass is 205 g/mol. The first-order chi connectivity index (χ1) is 7.16. The van der Waals surface area contributed by atoms with E-state index < -0.39 is 6.10 Å². The fourth-order valence-corrected chi connectivity index (χ4v) is 1.28. The van der Waals surface area contributed by atoms with E-state index >= 15 is 0 Å². The van der Waals surface area contributed by atoms with Crippen LogP contribution in [0.2, 0.25) is 0 Å².